The van der Waals surface area contributed by atoms with Gasteiger partial charge in [-0.05, 0) is 6.07 Å². The summed E-state index contributed by atoms with van der Waals surface area (Å²) in [7, 11) is 0. The van der Waals surface area contributed by atoms with Gasteiger partial charge in [-0.25, -0.2) is 0 Å². The van der Waals surface area contributed by atoms with Gasteiger partial charge in [0.1, 0.15) is 12.2 Å². The van der Waals surface area contributed by atoms with Crippen molar-refractivity contribution in [3.05, 3.63) is 17.8 Å². The molecule has 0 bridgehead atoms. The van der Waals surface area contributed by atoms with Gasteiger partial charge in [0.05, 0.1) is 6.61 Å². The van der Waals surface area contributed by atoms with Gasteiger partial charge < -0.3 is 19.7 Å². The SMILES string of the molecule is Cl.N=c1ccn2c(n1)O[C@@H]1C2O[C@H](CO)[C@H]1O. The molecule has 4 atom stereocenters. The molecule has 3 N–H and O–H groups in total. The number of rotatable bonds is 1. The van der Waals surface area contributed by atoms with E-state index >= 15 is 0 Å². The number of aromatic nitrogens is 2. The predicted octanol–water partition coefficient (Wildman–Crippen LogP) is -1.20. The molecule has 8 heteroatoms. The standard InChI is InChI=1S/C9H11N3O4.ClH/c10-5-1-2-12-8-7(16-9(12)11-5)6(14)4(3-13)15-8;/h1-2,4,6-8,10,13-14H,3H2;1H/t4-,6-,7+,8?;/m1./s1. The maximum absolute atomic E-state index is 9.80. The third-order valence-corrected chi connectivity index (χ3v) is 2.84. The third kappa shape index (κ3) is 1.71. The van der Waals surface area contributed by atoms with Gasteiger partial charge in [0, 0.05) is 6.20 Å². The zero-order valence-corrected chi connectivity index (χ0v) is 9.50. The van der Waals surface area contributed by atoms with Crippen LogP contribution in [-0.4, -0.2) is 44.7 Å². The van der Waals surface area contributed by atoms with Crippen molar-refractivity contribution in [3.63, 3.8) is 0 Å². The van der Waals surface area contributed by atoms with Gasteiger partial charge in [-0.3, -0.25) is 9.98 Å². The predicted molar refractivity (Wildman–Crippen MR) is 56.7 cm³/mol. The molecule has 3 rings (SSSR count). The summed E-state index contributed by atoms with van der Waals surface area (Å²) in [5.74, 6) is 0. The Hall–Kier alpha value is -1.15. The van der Waals surface area contributed by atoms with Gasteiger partial charge in [0.25, 0.3) is 0 Å². The van der Waals surface area contributed by atoms with Crippen LogP contribution >= 0.6 is 12.4 Å². The fourth-order valence-corrected chi connectivity index (χ4v) is 2.04. The van der Waals surface area contributed by atoms with Crippen LogP contribution in [0.5, 0.6) is 6.01 Å². The maximum Gasteiger partial charge on any atom is 0.301 e. The van der Waals surface area contributed by atoms with E-state index in [-0.39, 0.29) is 30.5 Å². The molecular weight excluding hydrogens is 250 g/mol. The first-order chi connectivity index (χ1) is 7.70. The van der Waals surface area contributed by atoms with Crippen LogP contribution in [0.4, 0.5) is 0 Å². The molecule has 0 saturated carbocycles. The van der Waals surface area contributed by atoms with Crippen molar-refractivity contribution in [1.29, 1.82) is 5.41 Å². The van der Waals surface area contributed by atoms with Crippen LogP contribution in [0, 0.1) is 5.41 Å². The largest absolute Gasteiger partial charge is 0.454 e. The van der Waals surface area contributed by atoms with Crippen molar-refractivity contribution in [2.75, 3.05) is 6.61 Å². The van der Waals surface area contributed by atoms with Crippen LogP contribution in [0.15, 0.2) is 12.3 Å². The fourth-order valence-electron chi connectivity index (χ4n) is 2.04. The number of aliphatic hydroxyl groups excluding tert-OH is 2. The minimum Gasteiger partial charge on any atom is -0.454 e. The highest BCUT2D eigenvalue weighted by molar-refractivity contribution is 5.85. The summed E-state index contributed by atoms with van der Waals surface area (Å²) in [6.45, 7) is -0.253. The minimum absolute atomic E-state index is 0. The summed E-state index contributed by atoms with van der Waals surface area (Å²) in [4.78, 5) is 3.88. The summed E-state index contributed by atoms with van der Waals surface area (Å²) in [5, 5.41) is 26.1. The van der Waals surface area contributed by atoms with Gasteiger partial charge in [0.2, 0.25) is 0 Å². The molecule has 0 aromatic carbocycles. The molecule has 0 spiro atoms. The van der Waals surface area contributed by atoms with E-state index in [9.17, 15) is 5.11 Å². The van der Waals surface area contributed by atoms with E-state index in [4.69, 9.17) is 20.0 Å². The van der Waals surface area contributed by atoms with E-state index < -0.39 is 24.5 Å². The van der Waals surface area contributed by atoms with E-state index in [1.807, 2.05) is 0 Å². The monoisotopic (exact) mass is 261 g/mol. The Labute approximate surface area is 103 Å². The van der Waals surface area contributed by atoms with Crippen LogP contribution < -0.4 is 10.2 Å². The highest BCUT2D eigenvalue weighted by Crippen LogP contribution is 2.38. The molecule has 2 aliphatic rings. The number of aliphatic hydroxyl groups is 2. The molecule has 1 unspecified atom stereocenters. The van der Waals surface area contributed by atoms with E-state index in [1.54, 1.807) is 10.8 Å². The molecule has 1 fully saturated rings. The maximum atomic E-state index is 9.80. The van der Waals surface area contributed by atoms with E-state index in [0.717, 1.165) is 0 Å². The van der Waals surface area contributed by atoms with Gasteiger partial charge in [-0.15, -0.1) is 12.4 Å². The van der Waals surface area contributed by atoms with Crippen molar-refractivity contribution in [2.45, 2.75) is 24.5 Å². The molecule has 17 heavy (non-hydrogen) atoms. The molecule has 1 aromatic rings. The van der Waals surface area contributed by atoms with Crippen molar-refractivity contribution in [3.8, 4) is 6.01 Å². The van der Waals surface area contributed by atoms with Crippen molar-refractivity contribution in [2.24, 2.45) is 0 Å². The Kier molecular flexibility index (Phi) is 3.09. The van der Waals surface area contributed by atoms with E-state index in [1.165, 1.54) is 6.07 Å². The summed E-state index contributed by atoms with van der Waals surface area (Å²) in [6, 6.07) is 1.77. The van der Waals surface area contributed by atoms with Crippen molar-refractivity contribution >= 4 is 12.4 Å². The minimum atomic E-state index is -0.883. The molecule has 7 nitrogen and oxygen atoms in total. The quantitative estimate of drug-likeness (QED) is 0.589. The molecular formula is C9H12ClN3O4. The number of hydrogen-bond donors (Lipinski definition) is 3. The average molecular weight is 262 g/mol. The Balaban J connectivity index is 0.00000108. The normalized spacial score (nSPS) is 33.5. The Morgan fingerprint density at radius 1 is 1.53 bits per heavy atom. The fraction of sp³-hybridized carbons (Fsp3) is 0.556. The zero-order chi connectivity index (χ0) is 11.3. The van der Waals surface area contributed by atoms with Crippen LogP contribution in [0.1, 0.15) is 6.23 Å². The Bertz CT molecular complexity index is 480. The second-order valence-corrected chi connectivity index (χ2v) is 3.82. The number of ether oxygens (including phenoxy) is 2. The van der Waals surface area contributed by atoms with E-state index in [0.29, 0.717) is 0 Å². The lowest BCUT2D eigenvalue weighted by atomic mass is 10.1. The first-order valence-corrected chi connectivity index (χ1v) is 4.95. The van der Waals surface area contributed by atoms with Crippen LogP contribution in [0.25, 0.3) is 0 Å². The highest BCUT2D eigenvalue weighted by atomic mass is 35.5. The number of nitrogens with one attached hydrogen (secondary N) is 1. The summed E-state index contributed by atoms with van der Waals surface area (Å²) in [6.07, 6.45) is -0.930. The van der Waals surface area contributed by atoms with Gasteiger partial charge >= 0.3 is 6.01 Å². The van der Waals surface area contributed by atoms with Gasteiger partial charge in [-0.1, -0.05) is 0 Å². The Morgan fingerprint density at radius 3 is 3.00 bits per heavy atom. The van der Waals surface area contributed by atoms with Crippen LogP contribution in [-0.2, 0) is 4.74 Å². The summed E-state index contributed by atoms with van der Waals surface area (Å²) < 4.78 is 12.5. The molecule has 3 heterocycles. The van der Waals surface area contributed by atoms with Crippen molar-refractivity contribution in [1.82, 2.24) is 9.55 Å². The topological polar surface area (TPSA) is 101 Å². The van der Waals surface area contributed by atoms with Crippen LogP contribution in [0.3, 0.4) is 0 Å². The molecule has 1 saturated heterocycles. The van der Waals surface area contributed by atoms with Crippen LogP contribution in [0.2, 0.25) is 0 Å². The lowest BCUT2D eigenvalue weighted by molar-refractivity contribution is -0.0434. The molecule has 94 valence electrons. The molecule has 2 aliphatic heterocycles. The second kappa shape index (κ2) is 4.26. The zero-order valence-electron chi connectivity index (χ0n) is 8.68. The molecule has 0 aliphatic carbocycles. The number of hydrogen-bond acceptors (Lipinski definition) is 6. The van der Waals surface area contributed by atoms with Crippen molar-refractivity contribution < 1.29 is 19.7 Å². The first-order valence-electron chi connectivity index (χ1n) is 4.95. The third-order valence-electron chi connectivity index (χ3n) is 2.84. The smallest absolute Gasteiger partial charge is 0.301 e. The summed E-state index contributed by atoms with van der Waals surface area (Å²) in [5.41, 5.74) is 0.0967. The molecule has 0 amide bonds. The van der Waals surface area contributed by atoms with Gasteiger partial charge in [-0.2, -0.15) is 4.98 Å². The van der Waals surface area contributed by atoms with Gasteiger partial charge in [0.15, 0.2) is 17.8 Å². The first kappa shape index (κ1) is 12.3. The molecule has 0 radical (unpaired) electrons. The number of fused-ring (bicyclic) bond motifs is 3. The second-order valence-electron chi connectivity index (χ2n) is 3.82. The number of nitrogens with zero attached hydrogens (tertiary/aromatic N) is 2. The lowest BCUT2D eigenvalue weighted by Crippen LogP contribution is -2.34. The highest BCUT2D eigenvalue weighted by Gasteiger charge is 2.50. The summed E-state index contributed by atoms with van der Waals surface area (Å²) >= 11 is 0. The lowest BCUT2D eigenvalue weighted by Gasteiger charge is -2.14. The molecule has 1 aromatic heterocycles. The Morgan fingerprint density at radius 2 is 2.29 bits per heavy atom. The van der Waals surface area contributed by atoms with E-state index in [2.05, 4.69) is 4.98 Å². The number of halogens is 1. The average Bonchev–Trinajstić information content (AvgIpc) is 2.75.